The predicted octanol–water partition coefficient (Wildman–Crippen LogP) is 3.57. The van der Waals surface area contributed by atoms with Crippen molar-refractivity contribution >= 4 is 0 Å². The highest BCUT2D eigenvalue weighted by Gasteiger charge is 2.58. The van der Waals surface area contributed by atoms with Gasteiger partial charge in [0.2, 0.25) is 17.3 Å². The summed E-state index contributed by atoms with van der Waals surface area (Å²) in [5.74, 6) is 0.179. The Kier molecular flexibility index (Phi) is 3.99. The molecule has 0 aliphatic carbocycles. The number of furan rings is 1. The van der Waals surface area contributed by atoms with Gasteiger partial charge >= 0.3 is 6.18 Å². The quantitative estimate of drug-likeness (QED) is 0.745. The number of aromatic nitrogens is 2. The molecule has 0 saturated carbocycles. The number of alkyl halides is 3. The van der Waals surface area contributed by atoms with Gasteiger partial charge in [-0.05, 0) is 42.8 Å². The molecule has 9 heteroatoms. The average molecular weight is 380 g/mol. The molecule has 0 unspecified atom stereocenters. The van der Waals surface area contributed by atoms with E-state index in [2.05, 4.69) is 10.1 Å². The van der Waals surface area contributed by atoms with E-state index in [-0.39, 0.29) is 17.5 Å². The minimum atomic E-state index is -4.99. The first kappa shape index (κ1) is 17.6. The Morgan fingerprint density at radius 2 is 2.00 bits per heavy atom. The standard InChI is InChI=1S/C18H15F3N2O4/c1-10-2-5-14(26-10)17(24,18(19,20)21)9-15-22-16(23-27-15)12-3-4-13-11(8-12)6-7-25-13/h2-5,8,24H,6-7,9H2,1H3/t17-/m0/s1. The van der Waals surface area contributed by atoms with Gasteiger partial charge in [0.1, 0.15) is 17.3 Å². The van der Waals surface area contributed by atoms with E-state index in [9.17, 15) is 18.3 Å². The molecule has 2 aromatic heterocycles. The van der Waals surface area contributed by atoms with Crippen LogP contribution in [0, 0.1) is 6.92 Å². The highest BCUT2D eigenvalue weighted by atomic mass is 19.4. The second-order valence-corrected chi connectivity index (χ2v) is 6.38. The van der Waals surface area contributed by atoms with E-state index in [0.29, 0.717) is 12.2 Å². The number of benzene rings is 1. The minimum absolute atomic E-state index is 0.139. The highest BCUT2D eigenvalue weighted by Crippen LogP contribution is 2.42. The molecular weight excluding hydrogens is 365 g/mol. The van der Waals surface area contributed by atoms with Gasteiger partial charge in [-0.2, -0.15) is 18.2 Å². The Labute approximate surface area is 151 Å². The smallest absolute Gasteiger partial charge is 0.425 e. The van der Waals surface area contributed by atoms with E-state index in [1.54, 1.807) is 12.1 Å². The van der Waals surface area contributed by atoms with Gasteiger partial charge in [-0.15, -0.1) is 0 Å². The van der Waals surface area contributed by atoms with Crippen molar-refractivity contribution in [1.29, 1.82) is 0 Å². The molecule has 0 radical (unpaired) electrons. The maximum Gasteiger partial charge on any atom is 0.425 e. The summed E-state index contributed by atoms with van der Waals surface area (Å²) in [6.45, 7) is 2.07. The summed E-state index contributed by atoms with van der Waals surface area (Å²) in [6, 6.07) is 7.69. The zero-order chi connectivity index (χ0) is 19.2. The molecule has 0 saturated heterocycles. The molecule has 4 rings (SSSR count). The summed E-state index contributed by atoms with van der Waals surface area (Å²) < 4.78 is 56.0. The van der Waals surface area contributed by atoms with Gasteiger partial charge in [0.15, 0.2) is 0 Å². The lowest BCUT2D eigenvalue weighted by molar-refractivity contribution is -0.273. The van der Waals surface area contributed by atoms with Gasteiger partial charge in [-0.3, -0.25) is 0 Å². The Morgan fingerprint density at radius 3 is 2.70 bits per heavy atom. The summed E-state index contributed by atoms with van der Waals surface area (Å²) in [7, 11) is 0. The fourth-order valence-electron chi connectivity index (χ4n) is 2.97. The van der Waals surface area contributed by atoms with Gasteiger partial charge in [-0.1, -0.05) is 5.16 Å². The third-order valence-electron chi connectivity index (χ3n) is 4.44. The predicted molar refractivity (Wildman–Crippen MR) is 86.0 cm³/mol. The maximum atomic E-state index is 13.6. The van der Waals surface area contributed by atoms with Gasteiger partial charge < -0.3 is 18.8 Å². The van der Waals surface area contributed by atoms with Crippen LogP contribution in [0.25, 0.3) is 11.4 Å². The molecule has 0 spiro atoms. The lowest BCUT2D eigenvalue weighted by atomic mass is 9.95. The monoisotopic (exact) mass is 380 g/mol. The summed E-state index contributed by atoms with van der Waals surface area (Å²) >= 11 is 0. The number of nitrogens with zero attached hydrogens (tertiary/aromatic N) is 2. The molecule has 0 fully saturated rings. The maximum absolute atomic E-state index is 13.6. The van der Waals surface area contributed by atoms with Crippen LogP contribution in [0.5, 0.6) is 5.75 Å². The SMILES string of the molecule is Cc1ccc([C@@](O)(Cc2nc(-c3ccc4c(c3)CCO4)no2)C(F)(F)F)o1. The van der Waals surface area contributed by atoms with E-state index in [4.69, 9.17) is 13.7 Å². The van der Waals surface area contributed by atoms with Crippen molar-refractivity contribution < 1.29 is 32.0 Å². The van der Waals surface area contributed by atoms with Crippen molar-refractivity contribution in [3.63, 3.8) is 0 Å². The molecule has 27 heavy (non-hydrogen) atoms. The molecule has 1 N–H and O–H groups in total. The third kappa shape index (κ3) is 3.08. The first-order chi connectivity index (χ1) is 12.8. The van der Waals surface area contributed by atoms with Crippen molar-refractivity contribution in [2.24, 2.45) is 0 Å². The van der Waals surface area contributed by atoms with E-state index < -0.39 is 24.0 Å². The van der Waals surface area contributed by atoms with Gasteiger partial charge in [0.25, 0.3) is 0 Å². The first-order valence-corrected chi connectivity index (χ1v) is 8.21. The fourth-order valence-corrected chi connectivity index (χ4v) is 2.97. The van der Waals surface area contributed by atoms with E-state index in [1.807, 2.05) is 6.07 Å². The van der Waals surface area contributed by atoms with E-state index in [1.165, 1.54) is 13.0 Å². The number of aryl methyl sites for hydroxylation is 1. The molecule has 1 aromatic carbocycles. The Hall–Kier alpha value is -2.81. The van der Waals surface area contributed by atoms with Gasteiger partial charge in [-0.25, -0.2) is 0 Å². The number of ether oxygens (including phenoxy) is 1. The summed E-state index contributed by atoms with van der Waals surface area (Å²) in [5, 5.41) is 14.1. The molecule has 3 heterocycles. The lowest BCUT2D eigenvalue weighted by Gasteiger charge is -2.27. The number of hydrogen-bond donors (Lipinski definition) is 1. The van der Waals surface area contributed by atoms with E-state index in [0.717, 1.165) is 23.8 Å². The Balaban J connectivity index is 1.64. The van der Waals surface area contributed by atoms with E-state index >= 15 is 0 Å². The Morgan fingerprint density at radius 1 is 1.19 bits per heavy atom. The van der Waals surface area contributed by atoms with Crippen molar-refractivity contribution in [1.82, 2.24) is 10.1 Å². The lowest BCUT2D eigenvalue weighted by Crippen LogP contribution is -2.44. The van der Waals surface area contributed by atoms with Crippen LogP contribution in [-0.2, 0) is 18.4 Å². The van der Waals surface area contributed by atoms with Crippen molar-refractivity contribution in [2.45, 2.75) is 31.5 Å². The van der Waals surface area contributed by atoms with Crippen LogP contribution in [0.15, 0.2) is 39.3 Å². The molecule has 0 bridgehead atoms. The topological polar surface area (TPSA) is 81.5 Å². The zero-order valence-corrected chi connectivity index (χ0v) is 14.2. The van der Waals surface area contributed by atoms with Crippen molar-refractivity contribution in [3.05, 3.63) is 53.3 Å². The molecule has 6 nitrogen and oxygen atoms in total. The normalized spacial score (nSPS) is 16.0. The number of hydrogen-bond acceptors (Lipinski definition) is 6. The van der Waals surface area contributed by atoms with Gasteiger partial charge in [0.05, 0.1) is 13.0 Å². The average Bonchev–Trinajstić information content (AvgIpc) is 3.33. The molecule has 0 amide bonds. The molecule has 142 valence electrons. The third-order valence-corrected chi connectivity index (χ3v) is 4.44. The largest absolute Gasteiger partial charge is 0.493 e. The number of halogens is 3. The van der Waals surface area contributed by atoms with Gasteiger partial charge in [0, 0.05) is 12.0 Å². The van der Waals surface area contributed by atoms with Crippen LogP contribution in [0.1, 0.15) is 23.0 Å². The summed E-state index contributed by atoms with van der Waals surface area (Å²) in [6.07, 6.45) is -5.21. The minimum Gasteiger partial charge on any atom is -0.493 e. The number of fused-ring (bicyclic) bond motifs is 1. The van der Waals surface area contributed by atoms with Crippen molar-refractivity contribution in [3.8, 4) is 17.1 Å². The van der Waals surface area contributed by atoms with Crippen LogP contribution < -0.4 is 4.74 Å². The fraction of sp³-hybridized carbons (Fsp3) is 0.333. The van der Waals surface area contributed by atoms with Crippen LogP contribution >= 0.6 is 0 Å². The van der Waals surface area contributed by atoms with Crippen LogP contribution in [0.3, 0.4) is 0 Å². The Bertz CT molecular complexity index is 979. The molecule has 1 aliphatic rings. The highest BCUT2D eigenvalue weighted by molar-refractivity contribution is 5.59. The molecule has 1 atom stereocenters. The molecular formula is C18H15F3N2O4. The molecule has 3 aromatic rings. The number of rotatable bonds is 4. The second-order valence-electron chi connectivity index (χ2n) is 6.38. The summed E-state index contributed by atoms with van der Waals surface area (Å²) in [5.41, 5.74) is -1.70. The van der Waals surface area contributed by atoms with Crippen LogP contribution in [0.4, 0.5) is 13.2 Å². The van der Waals surface area contributed by atoms with Crippen LogP contribution in [-0.4, -0.2) is 28.0 Å². The molecule has 1 aliphatic heterocycles. The zero-order valence-electron chi connectivity index (χ0n) is 14.2. The van der Waals surface area contributed by atoms with Crippen LogP contribution in [0.2, 0.25) is 0 Å². The second kappa shape index (κ2) is 6.12. The van der Waals surface area contributed by atoms with Crippen molar-refractivity contribution in [2.75, 3.05) is 6.61 Å². The number of aliphatic hydroxyl groups is 1. The summed E-state index contributed by atoms with van der Waals surface area (Å²) in [4.78, 5) is 4.02. The first-order valence-electron chi connectivity index (χ1n) is 8.21.